The largest absolute Gasteiger partial charge is 0.450 e. The topological polar surface area (TPSA) is 84.5 Å². The van der Waals surface area contributed by atoms with Gasteiger partial charge in [-0.2, -0.15) is 0 Å². The van der Waals surface area contributed by atoms with Crippen LogP contribution in [0.5, 0.6) is 0 Å². The minimum absolute atomic E-state index is 0.0642. The van der Waals surface area contributed by atoms with Crippen molar-refractivity contribution in [3.8, 4) is 0 Å². The number of sulfonamides is 1. The summed E-state index contributed by atoms with van der Waals surface area (Å²) in [4.78, 5) is 11.1. The van der Waals surface area contributed by atoms with Crippen LogP contribution in [0.4, 0.5) is 9.18 Å². The highest BCUT2D eigenvalue weighted by Gasteiger charge is 2.22. The van der Waals surface area contributed by atoms with Gasteiger partial charge < -0.3 is 10.1 Å². The molecule has 0 aromatic heterocycles. The van der Waals surface area contributed by atoms with E-state index in [0.717, 1.165) is 6.07 Å². The van der Waals surface area contributed by atoms with Crippen molar-refractivity contribution in [3.63, 3.8) is 0 Å². The summed E-state index contributed by atoms with van der Waals surface area (Å²) >= 11 is 3.12. The van der Waals surface area contributed by atoms with Crippen LogP contribution in [-0.4, -0.2) is 33.7 Å². The number of nitrogens with one attached hydrogen (secondary N) is 2. The first-order valence-corrected chi connectivity index (χ1v) is 9.81. The Kier molecular flexibility index (Phi) is 8.11. The van der Waals surface area contributed by atoms with Gasteiger partial charge in [0.15, 0.2) is 0 Å². The minimum Gasteiger partial charge on any atom is -0.450 e. The molecule has 0 aliphatic rings. The van der Waals surface area contributed by atoms with Crippen molar-refractivity contribution in [1.82, 2.24) is 10.0 Å². The molecule has 0 saturated carbocycles. The molecule has 1 aromatic carbocycles. The Labute approximate surface area is 150 Å². The molecule has 1 aromatic rings. The average Bonchev–Trinajstić information content (AvgIpc) is 2.47. The summed E-state index contributed by atoms with van der Waals surface area (Å²) in [6.07, 6.45) is -0.0709. The van der Waals surface area contributed by atoms with Gasteiger partial charge in [0.2, 0.25) is 10.0 Å². The van der Waals surface area contributed by atoms with Gasteiger partial charge in [0.1, 0.15) is 10.7 Å². The number of carbonyl (C=O) groups is 1. The Bertz CT molecular complexity index is 667. The first-order chi connectivity index (χ1) is 11.2. The van der Waals surface area contributed by atoms with Gasteiger partial charge in [-0.3, -0.25) is 0 Å². The van der Waals surface area contributed by atoms with Gasteiger partial charge in [-0.25, -0.2) is 22.3 Å². The fraction of sp³-hybridized carbons (Fsp3) is 0.533. The number of hydrogen-bond acceptors (Lipinski definition) is 4. The van der Waals surface area contributed by atoms with Gasteiger partial charge in [-0.15, -0.1) is 0 Å². The summed E-state index contributed by atoms with van der Waals surface area (Å²) in [5, 5.41) is 2.61. The van der Waals surface area contributed by atoms with E-state index in [9.17, 15) is 17.6 Å². The van der Waals surface area contributed by atoms with Crippen LogP contribution in [-0.2, 0) is 14.8 Å². The number of alkyl carbamates (subject to hydrolysis) is 1. The summed E-state index contributed by atoms with van der Waals surface area (Å²) in [6, 6.07) is 3.21. The molecule has 0 heterocycles. The smallest absolute Gasteiger partial charge is 0.407 e. The third-order valence-corrected chi connectivity index (χ3v) is 4.99. The van der Waals surface area contributed by atoms with Crippen LogP contribution in [0, 0.1) is 11.7 Å². The third-order valence-electron chi connectivity index (χ3n) is 3.06. The van der Waals surface area contributed by atoms with E-state index >= 15 is 0 Å². The third kappa shape index (κ3) is 6.74. The van der Waals surface area contributed by atoms with E-state index < -0.39 is 32.9 Å². The van der Waals surface area contributed by atoms with E-state index in [4.69, 9.17) is 4.74 Å². The fourth-order valence-electron chi connectivity index (χ4n) is 2.07. The van der Waals surface area contributed by atoms with Gasteiger partial charge in [-0.1, -0.05) is 29.8 Å². The van der Waals surface area contributed by atoms with E-state index in [0.29, 0.717) is 10.9 Å². The number of benzene rings is 1. The van der Waals surface area contributed by atoms with Gasteiger partial charge >= 0.3 is 6.09 Å². The first kappa shape index (κ1) is 20.9. The maximum atomic E-state index is 13.8. The Morgan fingerprint density at radius 3 is 2.62 bits per heavy atom. The molecule has 2 N–H and O–H groups in total. The zero-order valence-corrected chi connectivity index (χ0v) is 16.2. The highest BCUT2D eigenvalue weighted by atomic mass is 79.9. The highest BCUT2D eigenvalue weighted by molar-refractivity contribution is 9.10. The van der Waals surface area contributed by atoms with Gasteiger partial charge in [0.05, 0.1) is 6.61 Å². The van der Waals surface area contributed by atoms with E-state index in [-0.39, 0.29) is 19.1 Å². The molecule has 0 aliphatic heterocycles. The van der Waals surface area contributed by atoms with E-state index in [1.165, 1.54) is 12.1 Å². The zero-order chi connectivity index (χ0) is 18.3. The number of hydrogen-bond donors (Lipinski definition) is 2. The van der Waals surface area contributed by atoms with Crippen molar-refractivity contribution in [2.75, 3.05) is 13.2 Å². The number of rotatable bonds is 8. The average molecular weight is 425 g/mol. The van der Waals surface area contributed by atoms with Crippen molar-refractivity contribution in [2.45, 2.75) is 38.1 Å². The lowest BCUT2D eigenvalue weighted by Crippen LogP contribution is -2.44. The molecule has 1 unspecified atom stereocenters. The molecule has 0 spiro atoms. The maximum Gasteiger partial charge on any atom is 0.407 e. The fourth-order valence-corrected chi connectivity index (χ4v) is 3.77. The van der Waals surface area contributed by atoms with Crippen LogP contribution in [0.25, 0.3) is 0 Å². The molecular formula is C15H22BrFN2O4S. The molecule has 9 heteroatoms. The lowest BCUT2D eigenvalue weighted by molar-refractivity contribution is 0.146. The predicted molar refractivity (Wildman–Crippen MR) is 92.7 cm³/mol. The van der Waals surface area contributed by atoms with Crippen LogP contribution in [0.3, 0.4) is 0 Å². The second-order valence-corrected chi connectivity index (χ2v) is 8.27. The van der Waals surface area contributed by atoms with Crippen LogP contribution < -0.4 is 10.0 Å². The molecule has 1 atom stereocenters. The van der Waals surface area contributed by atoms with Gasteiger partial charge in [-0.05, 0) is 37.5 Å². The summed E-state index contributed by atoms with van der Waals surface area (Å²) in [6.45, 7) is 5.72. The van der Waals surface area contributed by atoms with E-state index in [1.54, 1.807) is 6.92 Å². The zero-order valence-electron chi connectivity index (χ0n) is 13.8. The second-order valence-electron chi connectivity index (χ2n) is 5.62. The number of ether oxygens (including phenoxy) is 1. The molecule has 0 saturated heterocycles. The van der Waals surface area contributed by atoms with Crippen molar-refractivity contribution < 1.29 is 22.3 Å². The van der Waals surface area contributed by atoms with Crippen molar-refractivity contribution >= 4 is 32.0 Å². The van der Waals surface area contributed by atoms with Crippen molar-refractivity contribution in [1.29, 1.82) is 0 Å². The summed E-state index contributed by atoms with van der Waals surface area (Å²) in [5.41, 5.74) is 0. The quantitative estimate of drug-likeness (QED) is 0.671. The Balaban J connectivity index is 2.83. The molecule has 0 bridgehead atoms. The first-order valence-electron chi connectivity index (χ1n) is 7.53. The lowest BCUT2D eigenvalue weighted by atomic mass is 10.0. The molecular weight excluding hydrogens is 403 g/mol. The molecule has 6 nitrogen and oxygen atoms in total. The normalized spacial score (nSPS) is 12.9. The Morgan fingerprint density at radius 1 is 1.38 bits per heavy atom. The number of amides is 1. The van der Waals surface area contributed by atoms with Crippen LogP contribution in [0.1, 0.15) is 27.2 Å². The summed E-state index contributed by atoms with van der Waals surface area (Å²) in [5.74, 6) is -0.617. The molecule has 24 heavy (non-hydrogen) atoms. The highest BCUT2D eigenvalue weighted by Crippen LogP contribution is 2.20. The van der Waals surface area contributed by atoms with Gasteiger partial charge in [0, 0.05) is 17.1 Å². The van der Waals surface area contributed by atoms with Crippen molar-refractivity contribution in [3.05, 3.63) is 28.5 Å². The molecule has 1 rings (SSSR count). The number of halogens is 2. The van der Waals surface area contributed by atoms with Crippen molar-refractivity contribution in [2.24, 2.45) is 5.92 Å². The molecule has 0 radical (unpaired) electrons. The van der Waals surface area contributed by atoms with E-state index in [2.05, 4.69) is 26.0 Å². The summed E-state index contributed by atoms with van der Waals surface area (Å²) < 4.78 is 46.0. The minimum atomic E-state index is -4.04. The molecule has 136 valence electrons. The number of carbonyl (C=O) groups excluding carboxylic acids is 1. The summed E-state index contributed by atoms with van der Waals surface area (Å²) in [7, 11) is -4.04. The second kappa shape index (κ2) is 9.33. The SMILES string of the molecule is CCOC(=O)NC(CNS(=O)(=O)c1cc(Br)ccc1F)CC(C)C. The van der Waals surface area contributed by atoms with Crippen LogP contribution >= 0.6 is 15.9 Å². The standard InChI is InChI=1S/C15H22BrFN2O4S/c1-4-23-15(20)19-12(7-10(2)3)9-18-24(21,22)14-8-11(16)5-6-13(14)17/h5-6,8,10,12,18H,4,7,9H2,1-3H3,(H,19,20). The monoisotopic (exact) mass is 424 g/mol. The molecule has 0 aliphatic carbocycles. The van der Waals surface area contributed by atoms with Gasteiger partial charge in [0.25, 0.3) is 0 Å². The lowest BCUT2D eigenvalue weighted by Gasteiger charge is -2.21. The maximum absolute atomic E-state index is 13.8. The molecule has 0 fully saturated rings. The Morgan fingerprint density at radius 2 is 2.04 bits per heavy atom. The Hall–Kier alpha value is -1.19. The predicted octanol–water partition coefficient (Wildman–Crippen LogP) is 3.03. The van der Waals surface area contributed by atoms with E-state index in [1.807, 2.05) is 13.8 Å². The van der Waals surface area contributed by atoms with Crippen LogP contribution in [0.2, 0.25) is 0 Å². The van der Waals surface area contributed by atoms with Crippen LogP contribution in [0.15, 0.2) is 27.6 Å². The molecule has 1 amide bonds.